The van der Waals surface area contributed by atoms with E-state index in [-0.39, 0.29) is 19.5 Å². The lowest BCUT2D eigenvalue weighted by atomic mass is 9.92. The molecule has 0 spiro atoms. The second-order valence-electron chi connectivity index (χ2n) is 7.19. The highest BCUT2D eigenvalue weighted by Gasteiger charge is 2.50. The van der Waals surface area contributed by atoms with Crippen molar-refractivity contribution in [3.05, 3.63) is 34.3 Å². The molecule has 1 aliphatic rings. The number of halogens is 2. The second kappa shape index (κ2) is 8.17. The Morgan fingerprint density at radius 2 is 1.92 bits per heavy atom. The number of likely N-dealkylation sites (tertiary alicyclic amines) is 1. The van der Waals surface area contributed by atoms with E-state index >= 15 is 4.39 Å². The summed E-state index contributed by atoms with van der Waals surface area (Å²) < 4.78 is 27.3. The van der Waals surface area contributed by atoms with Crippen LogP contribution in [0.2, 0.25) is 0 Å². The summed E-state index contributed by atoms with van der Waals surface area (Å²) in [5, 5.41) is -0.564. The molecular weight excluding hydrogens is 425 g/mol. The number of thioether (sulfide) groups is 1. The van der Waals surface area contributed by atoms with E-state index in [4.69, 9.17) is 9.47 Å². The molecule has 1 aliphatic heterocycles. The van der Waals surface area contributed by atoms with Crippen LogP contribution < -0.4 is 0 Å². The Hall–Kier alpha value is -1.28. The third-order valence-corrected chi connectivity index (χ3v) is 4.88. The Bertz CT molecular complexity index is 664. The minimum absolute atomic E-state index is 0.0641. The minimum atomic E-state index is -1.88. The first-order valence-electron chi connectivity index (χ1n) is 8.21. The van der Waals surface area contributed by atoms with Crippen molar-refractivity contribution in [3.63, 3.8) is 0 Å². The van der Waals surface area contributed by atoms with Gasteiger partial charge in [0.25, 0.3) is 0 Å². The van der Waals surface area contributed by atoms with Crippen molar-refractivity contribution in [2.24, 2.45) is 0 Å². The molecule has 144 valence electrons. The lowest BCUT2D eigenvalue weighted by Crippen LogP contribution is -2.41. The van der Waals surface area contributed by atoms with E-state index < -0.39 is 28.8 Å². The third kappa shape index (κ3) is 5.36. The Morgan fingerprint density at radius 1 is 1.31 bits per heavy atom. The van der Waals surface area contributed by atoms with Crippen molar-refractivity contribution in [3.8, 4) is 0 Å². The van der Waals surface area contributed by atoms with Crippen molar-refractivity contribution >= 4 is 39.1 Å². The topological polar surface area (TPSA) is 55.8 Å². The van der Waals surface area contributed by atoms with Crippen molar-refractivity contribution in [1.82, 2.24) is 4.90 Å². The summed E-state index contributed by atoms with van der Waals surface area (Å²) in [6.45, 7) is 5.29. The van der Waals surface area contributed by atoms with Gasteiger partial charge in [0, 0.05) is 17.4 Å². The van der Waals surface area contributed by atoms with Crippen LogP contribution >= 0.6 is 27.7 Å². The van der Waals surface area contributed by atoms with E-state index in [0.717, 1.165) is 16.2 Å². The van der Waals surface area contributed by atoms with Crippen molar-refractivity contribution in [2.45, 2.75) is 44.6 Å². The normalized spacial score (nSPS) is 21.4. The molecule has 0 aromatic heterocycles. The fourth-order valence-electron chi connectivity index (χ4n) is 2.75. The smallest absolute Gasteiger partial charge is 0.410 e. The molecule has 1 fully saturated rings. The van der Waals surface area contributed by atoms with E-state index in [2.05, 4.69) is 15.9 Å². The number of alkyl halides is 1. The van der Waals surface area contributed by atoms with Crippen LogP contribution in [0.15, 0.2) is 28.7 Å². The van der Waals surface area contributed by atoms with Crippen LogP contribution in [0.1, 0.15) is 38.9 Å². The van der Waals surface area contributed by atoms with Gasteiger partial charge in [-0.15, -0.1) is 0 Å². The number of nitrogens with zero attached hydrogens (tertiary/aromatic N) is 1. The minimum Gasteiger partial charge on any atom is -0.446 e. The quantitative estimate of drug-likeness (QED) is 0.585. The Labute approximate surface area is 165 Å². The molecule has 1 amide bonds. The SMILES string of the molecule is CSC(=O)OC(c1ccc(Br)cc1)C1(F)CCN(C(=O)OC(C)(C)C)C1. The molecule has 1 aromatic rings. The number of hydrogen-bond donors (Lipinski definition) is 0. The van der Waals surface area contributed by atoms with Crippen LogP contribution in [-0.2, 0) is 9.47 Å². The van der Waals surface area contributed by atoms with Crippen molar-refractivity contribution in [2.75, 3.05) is 19.3 Å². The monoisotopic (exact) mass is 447 g/mol. The third-order valence-electron chi connectivity index (χ3n) is 3.93. The summed E-state index contributed by atoms with van der Waals surface area (Å²) in [7, 11) is 0. The van der Waals surface area contributed by atoms with Crippen LogP contribution in [0.25, 0.3) is 0 Å². The fraction of sp³-hybridized carbons (Fsp3) is 0.556. The van der Waals surface area contributed by atoms with Crippen LogP contribution in [0, 0.1) is 0 Å². The number of benzene rings is 1. The van der Waals surface area contributed by atoms with Gasteiger partial charge in [0.05, 0.1) is 6.54 Å². The first kappa shape index (κ1) is 21.0. The Kier molecular flexibility index (Phi) is 6.60. The molecule has 2 atom stereocenters. The highest BCUT2D eigenvalue weighted by Crippen LogP contribution is 2.41. The maximum absolute atomic E-state index is 15.8. The van der Waals surface area contributed by atoms with Crippen LogP contribution in [-0.4, -0.2) is 46.9 Å². The van der Waals surface area contributed by atoms with Gasteiger partial charge in [0.1, 0.15) is 5.60 Å². The van der Waals surface area contributed by atoms with Gasteiger partial charge in [0.2, 0.25) is 0 Å². The van der Waals surface area contributed by atoms with E-state index in [0.29, 0.717) is 5.56 Å². The lowest BCUT2D eigenvalue weighted by Gasteiger charge is -2.30. The number of hydrogen-bond acceptors (Lipinski definition) is 5. The predicted octanol–water partition coefficient (Wildman–Crippen LogP) is 5.34. The highest BCUT2D eigenvalue weighted by molar-refractivity contribution is 9.10. The lowest BCUT2D eigenvalue weighted by molar-refractivity contribution is -0.0129. The molecule has 1 heterocycles. The van der Waals surface area contributed by atoms with Gasteiger partial charge >= 0.3 is 11.4 Å². The molecule has 0 aliphatic carbocycles. The summed E-state index contributed by atoms with van der Waals surface area (Å²) in [6, 6.07) is 6.94. The van der Waals surface area contributed by atoms with Gasteiger partial charge < -0.3 is 14.4 Å². The van der Waals surface area contributed by atoms with Crippen LogP contribution in [0.3, 0.4) is 0 Å². The molecule has 0 radical (unpaired) electrons. The maximum Gasteiger partial charge on any atom is 0.410 e. The van der Waals surface area contributed by atoms with Crippen LogP contribution in [0.4, 0.5) is 14.0 Å². The number of carbonyl (C=O) groups is 2. The van der Waals surface area contributed by atoms with Gasteiger partial charge in [-0.2, -0.15) is 0 Å². The van der Waals surface area contributed by atoms with E-state index in [1.807, 2.05) is 0 Å². The molecule has 26 heavy (non-hydrogen) atoms. The summed E-state index contributed by atoms with van der Waals surface area (Å²) in [6.07, 6.45) is -0.0203. The number of amides is 1. The largest absolute Gasteiger partial charge is 0.446 e. The van der Waals surface area contributed by atoms with Gasteiger partial charge in [0.15, 0.2) is 11.8 Å². The van der Waals surface area contributed by atoms with Gasteiger partial charge in [-0.1, -0.05) is 28.1 Å². The van der Waals surface area contributed by atoms with Gasteiger partial charge in [-0.05, 0) is 56.5 Å². The molecule has 1 saturated heterocycles. The fourth-order valence-corrected chi connectivity index (χ4v) is 3.20. The second-order valence-corrected chi connectivity index (χ2v) is 8.85. The standard InChI is InChI=1S/C18H23BrFNO4S/c1-17(2,3)25-15(22)21-10-9-18(20,11-21)14(24-16(23)26-4)12-5-7-13(19)8-6-12/h5-8,14H,9-11H2,1-4H3. The Morgan fingerprint density at radius 3 is 2.46 bits per heavy atom. The number of carbonyl (C=O) groups excluding carboxylic acids is 2. The molecule has 1 aromatic carbocycles. The molecular formula is C18H23BrFNO4S. The molecule has 0 N–H and O–H groups in total. The van der Waals surface area contributed by atoms with Gasteiger partial charge in [-0.25, -0.2) is 14.0 Å². The molecule has 5 nitrogen and oxygen atoms in total. The molecule has 0 bridgehead atoms. The average molecular weight is 448 g/mol. The van der Waals surface area contributed by atoms with Gasteiger partial charge in [-0.3, -0.25) is 0 Å². The van der Waals surface area contributed by atoms with E-state index in [1.54, 1.807) is 51.3 Å². The summed E-state index contributed by atoms with van der Waals surface area (Å²) >= 11 is 4.22. The summed E-state index contributed by atoms with van der Waals surface area (Å²) in [4.78, 5) is 25.4. The molecule has 0 saturated carbocycles. The zero-order valence-electron chi connectivity index (χ0n) is 15.3. The maximum atomic E-state index is 15.8. The zero-order chi connectivity index (χ0) is 19.5. The Balaban J connectivity index is 2.22. The van der Waals surface area contributed by atoms with E-state index in [1.165, 1.54) is 4.90 Å². The summed E-state index contributed by atoms with van der Waals surface area (Å²) in [5.41, 5.74) is -1.99. The first-order chi connectivity index (χ1) is 12.0. The van der Waals surface area contributed by atoms with Crippen molar-refractivity contribution < 1.29 is 23.5 Å². The summed E-state index contributed by atoms with van der Waals surface area (Å²) in [5.74, 6) is 0. The van der Waals surface area contributed by atoms with Crippen molar-refractivity contribution in [1.29, 1.82) is 0 Å². The van der Waals surface area contributed by atoms with E-state index in [9.17, 15) is 9.59 Å². The molecule has 2 unspecified atom stereocenters. The molecule has 2 rings (SSSR count). The highest BCUT2D eigenvalue weighted by atomic mass is 79.9. The average Bonchev–Trinajstić information content (AvgIpc) is 2.95. The predicted molar refractivity (Wildman–Crippen MR) is 103 cm³/mol. The molecule has 8 heteroatoms. The first-order valence-corrected chi connectivity index (χ1v) is 10.2. The van der Waals surface area contributed by atoms with Crippen LogP contribution in [0.5, 0.6) is 0 Å². The number of ether oxygens (including phenoxy) is 2. The number of rotatable bonds is 3. The zero-order valence-corrected chi connectivity index (χ0v) is 17.7.